The number of fused-ring (bicyclic) bond motifs is 2. The molecule has 0 spiro atoms. The fraction of sp³-hybridized carbons (Fsp3) is 0.333. The zero-order valence-corrected chi connectivity index (χ0v) is 23.8. The smallest absolute Gasteiger partial charge is 0.339 e. The number of nitrogens with zero attached hydrogens (tertiary/aromatic N) is 5. The van der Waals surface area contributed by atoms with Gasteiger partial charge in [-0.2, -0.15) is 0 Å². The van der Waals surface area contributed by atoms with E-state index in [1.54, 1.807) is 0 Å². The molecule has 3 aliphatic heterocycles. The Morgan fingerprint density at radius 2 is 1.76 bits per heavy atom. The second-order valence-electron chi connectivity index (χ2n) is 11.4. The molecule has 7 nitrogen and oxygen atoms in total. The predicted molar refractivity (Wildman–Crippen MR) is 155 cm³/mol. The van der Waals surface area contributed by atoms with E-state index < -0.39 is 48.3 Å². The maximum Gasteiger partial charge on any atom is 0.339 e. The summed E-state index contributed by atoms with van der Waals surface area (Å²) in [5.41, 5.74) is 9.39. The monoisotopic (exact) mass is 576 g/mol. The van der Waals surface area contributed by atoms with Crippen molar-refractivity contribution >= 4 is 41.9 Å². The summed E-state index contributed by atoms with van der Waals surface area (Å²) < 4.78 is 48.6. The van der Waals surface area contributed by atoms with Crippen LogP contribution in [0.25, 0.3) is 16.0 Å². The molecule has 1 N–H and O–H groups in total. The molecule has 6 rings (SSSR count). The first-order valence-electron chi connectivity index (χ1n) is 13.8. The van der Waals surface area contributed by atoms with Crippen LogP contribution in [0.2, 0.25) is 13.1 Å². The molecule has 11 heteroatoms. The fourth-order valence-corrected chi connectivity index (χ4v) is 9.73. The number of aromatic carboxylic acids is 1. The molecule has 4 aliphatic rings. The lowest BCUT2D eigenvalue weighted by molar-refractivity contribution is -0.504. The van der Waals surface area contributed by atoms with Crippen molar-refractivity contribution in [1.82, 2.24) is 0 Å². The quantitative estimate of drug-likeness (QED) is 0.115. The molecule has 1 aliphatic carbocycles. The lowest BCUT2D eigenvalue weighted by Crippen LogP contribution is -2.50. The number of halogens is 3. The second-order valence-corrected chi connectivity index (χ2v) is 15.7. The van der Waals surface area contributed by atoms with Gasteiger partial charge in [0.25, 0.3) is 0 Å². The molecule has 0 unspecified atom stereocenters. The number of anilines is 1. The van der Waals surface area contributed by atoms with E-state index in [0.29, 0.717) is 11.1 Å². The number of benzene rings is 2. The van der Waals surface area contributed by atoms with E-state index in [1.165, 1.54) is 0 Å². The number of carboxylic acids is 1. The predicted octanol–water partition coefficient (Wildman–Crippen LogP) is 6.36. The van der Waals surface area contributed by atoms with E-state index in [0.717, 1.165) is 73.6 Å². The van der Waals surface area contributed by atoms with Crippen molar-refractivity contribution in [3.63, 3.8) is 0 Å². The van der Waals surface area contributed by atoms with Gasteiger partial charge in [-0.3, -0.25) is 0 Å². The third-order valence-electron chi connectivity index (χ3n) is 8.74. The Morgan fingerprint density at radius 3 is 2.41 bits per heavy atom. The first-order valence-corrected chi connectivity index (χ1v) is 16.8. The van der Waals surface area contributed by atoms with Crippen LogP contribution in [0.1, 0.15) is 47.2 Å². The Kier molecular flexibility index (Phi) is 6.66. The van der Waals surface area contributed by atoms with Gasteiger partial charge < -0.3 is 10.0 Å². The molecule has 0 bridgehead atoms. The summed E-state index contributed by atoms with van der Waals surface area (Å²) >= 11 is 0. The Balaban J connectivity index is 1.72. The fourth-order valence-electron chi connectivity index (χ4n) is 6.65. The average Bonchev–Trinajstić information content (AvgIpc) is 3.69. The highest BCUT2D eigenvalue weighted by atomic mass is 28.3. The van der Waals surface area contributed by atoms with Gasteiger partial charge in [0.2, 0.25) is 0 Å². The first-order chi connectivity index (χ1) is 19.6. The van der Waals surface area contributed by atoms with Gasteiger partial charge in [0.15, 0.2) is 17.3 Å². The first kappa shape index (κ1) is 27.1. The molecule has 0 radical (unpaired) electrons. The van der Waals surface area contributed by atoms with Gasteiger partial charge in [-0.25, -0.2) is 22.5 Å². The summed E-state index contributed by atoms with van der Waals surface area (Å²) in [4.78, 5) is 17.1. The summed E-state index contributed by atoms with van der Waals surface area (Å²) in [7, 11) is -2.48. The van der Waals surface area contributed by atoms with Crippen molar-refractivity contribution in [3.05, 3.63) is 91.8 Å². The Hall–Kier alpha value is -4.08. The molecule has 0 amide bonds. The molecule has 0 aromatic heterocycles. The van der Waals surface area contributed by atoms with Crippen LogP contribution < -0.4 is 10.1 Å². The summed E-state index contributed by atoms with van der Waals surface area (Å²) in [6.45, 7) is 8.09. The standard InChI is InChI=1S/C30H28F3N5O2Si/c1-41(2)21-15-17(37-11-3-4-12-37)7-9-19(21)23(20-10-8-18(16-22(20)41)38-13-5-6-14-38)24-25(30(39)40)26(31)28(33)29(27(24)32)35-36-34/h7-10,15-16H,3-6,11-14H2,1-2H3/p+1. The highest BCUT2D eigenvalue weighted by Gasteiger charge is 2.43. The number of hydrogen-bond donors (Lipinski definition) is 1. The van der Waals surface area contributed by atoms with Crippen molar-refractivity contribution in [3.8, 4) is 0 Å². The lowest BCUT2D eigenvalue weighted by atomic mass is 9.86. The molecule has 3 heterocycles. The van der Waals surface area contributed by atoms with Crippen LogP contribution in [-0.4, -0.2) is 55.6 Å². The number of carboxylic acid groups (broad SMARTS) is 1. The number of hydrogen-bond acceptors (Lipinski definition) is 3. The largest absolute Gasteiger partial charge is 0.478 e. The van der Waals surface area contributed by atoms with E-state index in [2.05, 4.69) is 44.7 Å². The molecule has 41 heavy (non-hydrogen) atoms. The van der Waals surface area contributed by atoms with E-state index >= 15 is 8.78 Å². The molecule has 2 saturated heterocycles. The van der Waals surface area contributed by atoms with Crippen molar-refractivity contribution < 1.29 is 27.6 Å². The van der Waals surface area contributed by atoms with Crippen molar-refractivity contribution in [1.29, 1.82) is 0 Å². The van der Waals surface area contributed by atoms with Gasteiger partial charge in [-0.05, 0) is 63.7 Å². The van der Waals surface area contributed by atoms with Gasteiger partial charge in [-0.15, -0.1) is 0 Å². The van der Waals surface area contributed by atoms with Crippen LogP contribution in [-0.2, 0) is 0 Å². The highest BCUT2D eigenvalue weighted by molar-refractivity contribution is 6.98. The van der Waals surface area contributed by atoms with E-state index in [-0.39, 0.29) is 5.57 Å². The van der Waals surface area contributed by atoms with E-state index in [1.807, 2.05) is 24.3 Å². The van der Waals surface area contributed by atoms with E-state index in [9.17, 15) is 14.3 Å². The Labute approximate surface area is 236 Å². The Bertz CT molecular complexity index is 1690. The lowest BCUT2D eigenvalue weighted by Gasteiger charge is -2.38. The zero-order chi connectivity index (χ0) is 29.1. The summed E-state index contributed by atoms with van der Waals surface area (Å²) in [5, 5.41) is 15.0. The average molecular weight is 577 g/mol. The molecular formula is C30H29F3N5O2Si+. The number of allylic oxidation sites excluding steroid dienone is 5. The van der Waals surface area contributed by atoms with E-state index in [4.69, 9.17) is 5.53 Å². The molecule has 210 valence electrons. The molecular weight excluding hydrogens is 547 g/mol. The molecule has 2 aromatic rings. The van der Waals surface area contributed by atoms with Gasteiger partial charge in [0.05, 0.1) is 0 Å². The third-order valence-corrected chi connectivity index (χ3v) is 12.3. The van der Waals surface area contributed by atoms with Crippen molar-refractivity contribution in [2.75, 3.05) is 31.1 Å². The normalized spacial score (nSPS) is 19.2. The number of rotatable bonds is 4. The second kappa shape index (κ2) is 10.1. The zero-order valence-electron chi connectivity index (χ0n) is 22.8. The molecule has 2 fully saturated rings. The summed E-state index contributed by atoms with van der Waals surface area (Å²) in [5.74, 6) is -6.82. The van der Waals surface area contributed by atoms with Crippen LogP contribution >= 0.6 is 0 Å². The molecule has 0 atom stereocenters. The van der Waals surface area contributed by atoms with Crippen molar-refractivity contribution in [2.45, 2.75) is 38.8 Å². The molecule has 0 saturated carbocycles. The van der Waals surface area contributed by atoms with Gasteiger partial charge >= 0.3 is 5.97 Å². The summed E-state index contributed by atoms with van der Waals surface area (Å²) in [6.07, 6.45) is 10.2. The highest BCUT2D eigenvalue weighted by Crippen LogP contribution is 2.46. The van der Waals surface area contributed by atoms with Crippen LogP contribution in [0.15, 0.2) is 52.3 Å². The van der Waals surface area contributed by atoms with Crippen LogP contribution in [0.5, 0.6) is 0 Å². The number of carbonyl (C=O) groups is 1. The van der Waals surface area contributed by atoms with Gasteiger partial charge in [0, 0.05) is 54.2 Å². The van der Waals surface area contributed by atoms with Crippen LogP contribution in [0.4, 0.5) is 24.5 Å². The maximum absolute atomic E-state index is 16.2. The maximum atomic E-state index is 16.2. The van der Waals surface area contributed by atoms with Gasteiger partial charge in [-0.1, -0.05) is 24.3 Å². The van der Waals surface area contributed by atoms with Gasteiger partial charge in [0.1, 0.15) is 38.2 Å². The van der Waals surface area contributed by atoms with Crippen LogP contribution in [0.3, 0.4) is 0 Å². The minimum absolute atomic E-state index is 0.158. The number of azide groups is 1. The Morgan fingerprint density at radius 1 is 1.05 bits per heavy atom. The molecule has 2 aromatic carbocycles. The SMILES string of the molecule is C[Si]1(C)C2=CC(=[N+]3CCCC3)C=CC2=C(c2c(F)c(N=[N+]=[N-])c(F)c(F)c2C(=O)O)c2ccc(N3CCCC3)cc21. The van der Waals surface area contributed by atoms with Crippen molar-refractivity contribution in [2.24, 2.45) is 5.11 Å². The minimum Gasteiger partial charge on any atom is -0.478 e. The summed E-state index contributed by atoms with van der Waals surface area (Å²) in [6, 6.07) is 5.86. The minimum atomic E-state index is -2.48. The third kappa shape index (κ3) is 4.22. The van der Waals surface area contributed by atoms with Crippen LogP contribution in [0, 0.1) is 17.5 Å². The topological polar surface area (TPSA) is 92.3 Å².